The van der Waals surface area contributed by atoms with E-state index in [2.05, 4.69) is 6.58 Å². The van der Waals surface area contributed by atoms with Crippen molar-refractivity contribution in [1.29, 1.82) is 5.41 Å². The molecule has 0 aliphatic heterocycles. The number of amides is 1. The van der Waals surface area contributed by atoms with Crippen LogP contribution in [0.15, 0.2) is 66.8 Å². The second-order valence-electron chi connectivity index (χ2n) is 6.51. The largest absolute Gasteiger partial charge is 0.423 e. The lowest BCUT2D eigenvalue weighted by molar-refractivity contribution is -0.191. The number of nitrogen functional groups attached to an aromatic ring is 1. The summed E-state index contributed by atoms with van der Waals surface area (Å²) in [6.45, 7) is 6.39. The zero-order valence-corrected chi connectivity index (χ0v) is 17.3. The molecule has 0 aliphatic carbocycles. The van der Waals surface area contributed by atoms with Gasteiger partial charge in [0, 0.05) is 18.1 Å². The van der Waals surface area contributed by atoms with Gasteiger partial charge >= 0.3 is 11.9 Å². The second kappa shape index (κ2) is 10.5. The van der Waals surface area contributed by atoms with Crippen LogP contribution >= 0.6 is 0 Å². The molecule has 1 amide bonds. The highest BCUT2D eigenvalue weighted by Gasteiger charge is 2.17. The van der Waals surface area contributed by atoms with E-state index in [4.69, 9.17) is 20.7 Å². The molecule has 0 bridgehead atoms. The summed E-state index contributed by atoms with van der Waals surface area (Å²) in [7, 11) is 0. The summed E-state index contributed by atoms with van der Waals surface area (Å²) in [6.07, 6.45) is 3.06. The van der Waals surface area contributed by atoms with E-state index in [-0.39, 0.29) is 12.4 Å². The average Bonchev–Trinajstić information content (AvgIpc) is 2.73. The molecule has 2 aromatic rings. The van der Waals surface area contributed by atoms with Crippen LogP contribution in [0.3, 0.4) is 0 Å². The second-order valence-corrected chi connectivity index (χ2v) is 6.51. The molecular formula is C23H23N3O5. The minimum atomic E-state index is -0.609. The van der Waals surface area contributed by atoms with E-state index >= 15 is 0 Å². The summed E-state index contributed by atoms with van der Waals surface area (Å²) < 4.78 is 5.31. The molecule has 0 saturated heterocycles. The van der Waals surface area contributed by atoms with Crippen LogP contribution in [-0.4, -0.2) is 35.3 Å². The van der Waals surface area contributed by atoms with Crippen LogP contribution in [0.5, 0.6) is 5.75 Å². The van der Waals surface area contributed by atoms with E-state index in [9.17, 15) is 14.4 Å². The van der Waals surface area contributed by atoms with Gasteiger partial charge in [-0.05, 0) is 55.0 Å². The first-order valence-electron chi connectivity index (χ1n) is 9.27. The molecule has 0 spiro atoms. The lowest BCUT2D eigenvalue weighted by atomic mass is 10.1. The van der Waals surface area contributed by atoms with Gasteiger partial charge in [0.25, 0.3) is 5.91 Å². The highest BCUT2D eigenvalue weighted by atomic mass is 16.7. The summed E-state index contributed by atoms with van der Waals surface area (Å²) in [5.74, 6) is -1.38. The zero-order chi connectivity index (χ0) is 23.0. The first-order valence-corrected chi connectivity index (χ1v) is 9.27. The number of carbonyl (C=O) groups is 3. The van der Waals surface area contributed by atoms with Gasteiger partial charge < -0.3 is 15.3 Å². The summed E-state index contributed by atoms with van der Waals surface area (Å²) in [5.41, 5.74) is 7.26. The number of hydroxylamine groups is 2. The maximum Gasteiger partial charge on any atom is 0.343 e. The Bertz CT molecular complexity index is 1020. The van der Waals surface area contributed by atoms with Crippen LogP contribution < -0.4 is 10.5 Å². The standard InChI is InChI=1S/C23H23N3O5/c1-4-13-26(31-16(3)27)22(28)15(2)14-17-5-7-19(8-6-17)23(29)30-20-11-9-18(10-12-20)21(24)25/h4-12,14H,1,13H2,2-3H3,(H3,24,25)/b15-14+. The first kappa shape index (κ1) is 23.1. The van der Waals surface area contributed by atoms with Crippen molar-refractivity contribution in [2.45, 2.75) is 13.8 Å². The number of ether oxygens (including phenoxy) is 1. The van der Waals surface area contributed by atoms with Gasteiger partial charge in [0.2, 0.25) is 0 Å². The molecule has 160 valence electrons. The van der Waals surface area contributed by atoms with Gasteiger partial charge in [-0.15, -0.1) is 6.58 Å². The molecule has 0 unspecified atom stereocenters. The van der Waals surface area contributed by atoms with Gasteiger partial charge in [-0.2, -0.15) is 5.06 Å². The maximum atomic E-state index is 12.5. The van der Waals surface area contributed by atoms with Crippen LogP contribution in [0, 0.1) is 5.41 Å². The molecule has 0 radical (unpaired) electrons. The van der Waals surface area contributed by atoms with E-state index in [0.717, 1.165) is 5.06 Å². The Kier molecular flexibility index (Phi) is 7.85. The fourth-order valence-electron chi connectivity index (χ4n) is 2.53. The number of hydrogen-bond acceptors (Lipinski definition) is 6. The highest BCUT2D eigenvalue weighted by Crippen LogP contribution is 2.16. The SMILES string of the molecule is C=CCN(OC(C)=O)C(=O)/C(C)=C/c1ccc(C(=O)Oc2ccc(C(=N)N)cc2)cc1. The maximum absolute atomic E-state index is 12.5. The Labute approximate surface area is 180 Å². The minimum Gasteiger partial charge on any atom is -0.423 e. The van der Waals surface area contributed by atoms with Gasteiger partial charge in [0.15, 0.2) is 0 Å². The van der Waals surface area contributed by atoms with Crippen molar-refractivity contribution in [1.82, 2.24) is 5.06 Å². The zero-order valence-electron chi connectivity index (χ0n) is 17.3. The van der Waals surface area contributed by atoms with Crippen LogP contribution in [-0.2, 0) is 14.4 Å². The third-order valence-corrected chi connectivity index (χ3v) is 4.00. The summed E-state index contributed by atoms with van der Waals surface area (Å²) in [5, 5.41) is 8.29. The fraction of sp³-hybridized carbons (Fsp3) is 0.130. The first-order chi connectivity index (χ1) is 14.7. The molecule has 2 aromatic carbocycles. The van der Waals surface area contributed by atoms with E-state index in [0.29, 0.717) is 28.0 Å². The quantitative estimate of drug-likeness (QED) is 0.135. The van der Waals surface area contributed by atoms with Crippen LogP contribution in [0.4, 0.5) is 0 Å². The number of amidine groups is 1. The van der Waals surface area contributed by atoms with Crippen molar-refractivity contribution in [2.75, 3.05) is 6.54 Å². The van der Waals surface area contributed by atoms with Crippen LogP contribution in [0.2, 0.25) is 0 Å². The van der Waals surface area contributed by atoms with Gasteiger partial charge in [-0.3, -0.25) is 15.0 Å². The van der Waals surface area contributed by atoms with Crippen LogP contribution in [0.1, 0.15) is 35.3 Å². The number of hydrogen-bond donors (Lipinski definition) is 2. The van der Waals surface area contributed by atoms with E-state index < -0.39 is 17.8 Å². The number of nitrogens with two attached hydrogens (primary N) is 1. The number of rotatable bonds is 7. The Morgan fingerprint density at radius 3 is 2.13 bits per heavy atom. The smallest absolute Gasteiger partial charge is 0.343 e. The lowest BCUT2D eigenvalue weighted by Crippen LogP contribution is -2.33. The Morgan fingerprint density at radius 2 is 1.61 bits per heavy atom. The predicted octanol–water partition coefficient (Wildman–Crippen LogP) is 3.09. The Hall–Kier alpha value is -4.20. The van der Waals surface area contributed by atoms with Crippen molar-refractivity contribution in [2.24, 2.45) is 5.73 Å². The summed E-state index contributed by atoms with van der Waals surface area (Å²) in [4.78, 5) is 40.8. The molecule has 0 fully saturated rings. The highest BCUT2D eigenvalue weighted by molar-refractivity contribution is 5.98. The molecule has 0 heterocycles. The van der Waals surface area contributed by atoms with E-state index in [1.165, 1.54) is 13.0 Å². The van der Waals surface area contributed by atoms with Crippen LogP contribution in [0.25, 0.3) is 6.08 Å². The Balaban J connectivity index is 2.08. The molecule has 0 aromatic heterocycles. The molecule has 0 saturated carbocycles. The molecule has 0 aliphatic rings. The van der Waals surface area contributed by atoms with Crippen molar-refractivity contribution >= 4 is 29.8 Å². The number of nitrogens with one attached hydrogen (secondary N) is 1. The van der Waals surface area contributed by atoms with Gasteiger partial charge in [0.1, 0.15) is 11.6 Å². The minimum absolute atomic E-state index is 0.0573. The molecule has 3 N–H and O–H groups in total. The van der Waals surface area contributed by atoms with Crippen molar-refractivity contribution in [3.63, 3.8) is 0 Å². The van der Waals surface area contributed by atoms with Gasteiger partial charge in [-0.1, -0.05) is 18.2 Å². The lowest BCUT2D eigenvalue weighted by Gasteiger charge is -2.19. The number of nitrogens with zero attached hydrogens (tertiary/aromatic N) is 1. The molecule has 31 heavy (non-hydrogen) atoms. The van der Waals surface area contributed by atoms with Gasteiger partial charge in [0.05, 0.1) is 12.1 Å². The molecular weight excluding hydrogens is 398 g/mol. The third-order valence-electron chi connectivity index (χ3n) is 4.00. The fourth-order valence-corrected chi connectivity index (χ4v) is 2.53. The summed E-state index contributed by atoms with van der Waals surface area (Å²) in [6, 6.07) is 12.8. The van der Waals surface area contributed by atoms with Crippen molar-refractivity contribution in [3.05, 3.63) is 83.4 Å². The third kappa shape index (κ3) is 6.67. The molecule has 8 nitrogen and oxygen atoms in total. The van der Waals surface area contributed by atoms with Crippen molar-refractivity contribution in [3.8, 4) is 5.75 Å². The summed E-state index contributed by atoms with van der Waals surface area (Å²) >= 11 is 0. The Morgan fingerprint density at radius 1 is 1.03 bits per heavy atom. The molecule has 2 rings (SSSR count). The molecule has 8 heteroatoms. The number of carbonyl (C=O) groups excluding carboxylic acids is 3. The average molecular weight is 421 g/mol. The van der Waals surface area contributed by atoms with Gasteiger partial charge in [-0.25, -0.2) is 4.79 Å². The number of benzene rings is 2. The monoisotopic (exact) mass is 421 g/mol. The normalized spacial score (nSPS) is 10.7. The topological polar surface area (TPSA) is 123 Å². The predicted molar refractivity (Wildman–Crippen MR) is 116 cm³/mol. The van der Waals surface area contributed by atoms with E-state index in [1.54, 1.807) is 61.5 Å². The van der Waals surface area contributed by atoms with Crippen molar-refractivity contribution < 1.29 is 24.0 Å². The number of esters is 1. The molecule has 0 atom stereocenters. The van der Waals surface area contributed by atoms with E-state index in [1.807, 2.05) is 0 Å².